The van der Waals surface area contributed by atoms with Gasteiger partial charge in [0.05, 0.1) is 6.61 Å². The van der Waals surface area contributed by atoms with E-state index in [0.717, 1.165) is 0 Å². The summed E-state index contributed by atoms with van der Waals surface area (Å²) in [4.78, 5) is 25.6. The highest BCUT2D eigenvalue weighted by Crippen LogP contribution is 2.71. The number of carbonyl (C=O) groups is 2. The standard InChI is InChI=1S/C12H15BrFNO3/c1-2-18-9(17)11-4-3-8(16)15(11)7-10(5-11)6-12(10,13)14/h2-7H2,1H3/t10-,11+,12?/m1/s1. The molecule has 1 amide bonds. The normalized spacial score (nSPS) is 45.5. The Labute approximate surface area is 113 Å². The number of fused-ring (bicyclic) bond motifs is 1. The number of ether oxygens (including phenoxy) is 1. The lowest BCUT2D eigenvalue weighted by atomic mass is 9.88. The monoisotopic (exact) mass is 319 g/mol. The van der Waals surface area contributed by atoms with Crippen LogP contribution in [0.2, 0.25) is 0 Å². The quantitative estimate of drug-likeness (QED) is 0.575. The van der Waals surface area contributed by atoms with Crippen LogP contribution in [0.15, 0.2) is 0 Å². The highest BCUT2D eigenvalue weighted by molar-refractivity contribution is 9.10. The van der Waals surface area contributed by atoms with Crippen LogP contribution >= 0.6 is 15.9 Å². The Morgan fingerprint density at radius 3 is 2.78 bits per heavy atom. The van der Waals surface area contributed by atoms with E-state index < -0.39 is 15.5 Å². The van der Waals surface area contributed by atoms with Gasteiger partial charge in [-0.05, 0) is 35.7 Å². The fraction of sp³-hybridized carbons (Fsp3) is 0.833. The van der Waals surface area contributed by atoms with E-state index >= 15 is 0 Å². The van der Waals surface area contributed by atoms with Crippen LogP contribution in [0.3, 0.4) is 0 Å². The van der Waals surface area contributed by atoms with Crippen LogP contribution in [0.5, 0.6) is 0 Å². The predicted molar refractivity (Wildman–Crippen MR) is 64.7 cm³/mol. The lowest BCUT2D eigenvalue weighted by Crippen LogP contribution is -2.48. The van der Waals surface area contributed by atoms with E-state index in [0.29, 0.717) is 32.2 Å². The number of hydrogen-bond donors (Lipinski definition) is 0. The molecule has 0 aromatic carbocycles. The molecule has 3 aliphatic rings. The van der Waals surface area contributed by atoms with E-state index in [9.17, 15) is 14.0 Å². The molecule has 1 unspecified atom stereocenters. The van der Waals surface area contributed by atoms with Crippen LogP contribution in [0.4, 0.5) is 4.39 Å². The summed E-state index contributed by atoms with van der Waals surface area (Å²) in [6.07, 6.45) is 1.56. The summed E-state index contributed by atoms with van der Waals surface area (Å²) < 4.78 is 17.7. The van der Waals surface area contributed by atoms with Crippen molar-refractivity contribution < 1.29 is 18.7 Å². The van der Waals surface area contributed by atoms with Crippen LogP contribution in [-0.4, -0.2) is 40.0 Å². The first-order valence-electron chi connectivity index (χ1n) is 6.22. The molecule has 1 aliphatic carbocycles. The number of nitrogens with zero attached hydrogens (tertiary/aromatic N) is 1. The van der Waals surface area contributed by atoms with Crippen molar-refractivity contribution in [2.24, 2.45) is 5.41 Å². The van der Waals surface area contributed by atoms with E-state index in [1.807, 2.05) is 0 Å². The zero-order chi connectivity index (χ0) is 13.2. The maximum atomic E-state index is 14.0. The molecule has 3 fully saturated rings. The molecule has 100 valence electrons. The Morgan fingerprint density at radius 1 is 1.56 bits per heavy atom. The van der Waals surface area contributed by atoms with Crippen LogP contribution in [0.1, 0.15) is 32.6 Å². The second-order valence-corrected chi connectivity index (χ2v) is 6.83. The molecule has 2 heterocycles. The van der Waals surface area contributed by atoms with Crippen LogP contribution in [0.25, 0.3) is 0 Å². The van der Waals surface area contributed by atoms with Gasteiger partial charge in [0, 0.05) is 24.8 Å². The van der Waals surface area contributed by atoms with E-state index in [4.69, 9.17) is 4.74 Å². The van der Waals surface area contributed by atoms with E-state index in [1.165, 1.54) is 0 Å². The van der Waals surface area contributed by atoms with Gasteiger partial charge >= 0.3 is 5.97 Å². The Bertz CT molecular complexity index is 441. The molecule has 6 heteroatoms. The highest BCUT2D eigenvalue weighted by atomic mass is 79.9. The first-order valence-corrected chi connectivity index (χ1v) is 7.02. The smallest absolute Gasteiger partial charge is 0.332 e. The second kappa shape index (κ2) is 3.46. The maximum absolute atomic E-state index is 14.0. The first-order chi connectivity index (χ1) is 8.37. The molecular formula is C12H15BrFNO3. The zero-order valence-corrected chi connectivity index (χ0v) is 11.8. The van der Waals surface area contributed by atoms with Gasteiger partial charge in [-0.2, -0.15) is 0 Å². The van der Waals surface area contributed by atoms with Crippen molar-refractivity contribution in [3.63, 3.8) is 0 Å². The van der Waals surface area contributed by atoms with Crippen LogP contribution < -0.4 is 0 Å². The lowest BCUT2D eigenvalue weighted by molar-refractivity contribution is -0.157. The summed E-state index contributed by atoms with van der Waals surface area (Å²) in [6.45, 7) is 2.35. The van der Waals surface area contributed by atoms with Crippen LogP contribution in [0, 0.1) is 5.41 Å². The fourth-order valence-corrected chi connectivity index (χ4v) is 4.26. The summed E-state index contributed by atoms with van der Waals surface area (Å²) in [5.41, 5.74) is -1.50. The topological polar surface area (TPSA) is 46.6 Å². The number of esters is 1. The first kappa shape index (κ1) is 12.4. The molecular weight excluding hydrogens is 305 g/mol. The van der Waals surface area contributed by atoms with Crippen molar-refractivity contribution in [2.75, 3.05) is 13.2 Å². The van der Waals surface area contributed by atoms with Crippen LogP contribution in [-0.2, 0) is 14.3 Å². The summed E-state index contributed by atoms with van der Waals surface area (Å²) in [5, 5.41) is 0. The molecule has 1 saturated carbocycles. The Morgan fingerprint density at radius 2 is 2.22 bits per heavy atom. The molecule has 0 aromatic rings. The van der Waals surface area contributed by atoms with Crippen molar-refractivity contribution >= 4 is 27.8 Å². The number of halogens is 2. The minimum absolute atomic E-state index is 0.0601. The van der Waals surface area contributed by atoms with Gasteiger partial charge in [0.15, 0.2) is 4.58 Å². The Kier molecular flexibility index (Phi) is 2.38. The Hall–Kier alpha value is -0.650. The molecule has 0 bridgehead atoms. The average Bonchev–Trinajstić information content (AvgIpc) is 2.60. The largest absolute Gasteiger partial charge is 0.464 e. The van der Waals surface area contributed by atoms with Gasteiger partial charge in [-0.25, -0.2) is 9.18 Å². The van der Waals surface area contributed by atoms with Crippen molar-refractivity contribution in [2.45, 2.75) is 42.7 Å². The van der Waals surface area contributed by atoms with E-state index in [-0.39, 0.29) is 18.5 Å². The van der Waals surface area contributed by atoms with Gasteiger partial charge in [-0.3, -0.25) is 4.79 Å². The third-order valence-electron chi connectivity index (χ3n) is 4.53. The molecule has 1 spiro atoms. The van der Waals surface area contributed by atoms with E-state index in [2.05, 4.69) is 15.9 Å². The number of alkyl halides is 2. The molecule has 0 N–H and O–H groups in total. The number of rotatable bonds is 2. The fourth-order valence-electron chi connectivity index (χ4n) is 3.46. The zero-order valence-electron chi connectivity index (χ0n) is 10.2. The minimum Gasteiger partial charge on any atom is -0.464 e. The average molecular weight is 320 g/mol. The van der Waals surface area contributed by atoms with Gasteiger partial charge < -0.3 is 9.64 Å². The molecule has 2 saturated heterocycles. The SMILES string of the molecule is CCOC(=O)[C@@]12CCC(=O)N1C[C@]1(CC1(F)Br)C2. The third-order valence-corrected chi connectivity index (χ3v) is 5.65. The summed E-state index contributed by atoms with van der Waals surface area (Å²) >= 11 is 3.05. The second-order valence-electron chi connectivity index (χ2n) is 5.57. The maximum Gasteiger partial charge on any atom is 0.332 e. The van der Waals surface area contributed by atoms with Gasteiger partial charge in [-0.15, -0.1) is 0 Å². The molecule has 0 aromatic heterocycles. The lowest BCUT2D eigenvalue weighted by Gasteiger charge is -2.28. The summed E-state index contributed by atoms with van der Waals surface area (Å²) in [6, 6.07) is 0. The van der Waals surface area contributed by atoms with Gasteiger partial charge in [0.25, 0.3) is 0 Å². The Balaban J connectivity index is 1.92. The van der Waals surface area contributed by atoms with Gasteiger partial charge in [-0.1, -0.05) is 0 Å². The highest BCUT2D eigenvalue weighted by Gasteiger charge is 2.77. The number of amides is 1. The third kappa shape index (κ3) is 1.35. The minimum atomic E-state index is -1.43. The van der Waals surface area contributed by atoms with Crippen molar-refractivity contribution in [1.29, 1.82) is 0 Å². The molecule has 3 atom stereocenters. The number of carbonyl (C=O) groups excluding carboxylic acids is 2. The van der Waals surface area contributed by atoms with Gasteiger partial charge in [0.2, 0.25) is 5.91 Å². The summed E-state index contributed by atoms with van der Waals surface area (Å²) in [7, 11) is 0. The van der Waals surface area contributed by atoms with Gasteiger partial charge in [0.1, 0.15) is 5.54 Å². The summed E-state index contributed by atoms with van der Waals surface area (Å²) in [5.74, 6) is -0.432. The van der Waals surface area contributed by atoms with Crippen molar-refractivity contribution in [3.8, 4) is 0 Å². The van der Waals surface area contributed by atoms with Crippen molar-refractivity contribution in [1.82, 2.24) is 4.90 Å². The molecule has 4 nitrogen and oxygen atoms in total. The number of hydrogen-bond acceptors (Lipinski definition) is 3. The molecule has 18 heavy (non-hydrogen) atoms. The van der Waals surface area contributed by atoms with Crippen molar-refractivity contribution in [3.05, 3.63) is 0 Å². The molecule has 2 aliphatic heterocycles. The molecule has 3 rings (SSSR count). The molecule has 0 radical (unpaired) electrons. The van der Waals surface area contributed by atoms with E-state index in [1.54, 1.807) is 11.8 Å². The predicted octanol–water partition coefficient (Wildman–Crippen LogP) is 1.77.